The van der Waals surface area contributed by atoms with Crippen LogP contribution in [-0.4, -0.2) is 0 Å². The first-order valence-corrected chi connectivity index (χ1v) is 20.0. The van der Waals surface area contributed by atoms with E-state index in [0.717, 1.165) is 82.8 Å². The SMILES string of the molecule is CC1(C)c2ccccc2-c2ccc(N(c3ccc(-c4ccccc4)cc3)c3ccc4oc5c6ccccc6c(-c6ccc7c(c6)oc6ccccc67)cc5c4c3)cc21. The zero-order valence-electron chi connectivity index (χ0n) is 32.2. The fourth-order valence-corrected chi connectivity index (χ4v) is 9.57. The molecule has 274 valence electrons. The van der Waals surface area contributed by atoms with Crippen LogP contribution in [0.4, 0.5) is 17.1 Å². The van der Waals surface area contributed by atoms with E-state index in [2.05, 4.69) is 195 Å². The molecule has 1 aliphatic rings. The molecular weight excluding hydrogens is 707 g/mol. The Morgan fingerprint density at radius 1 is 0.345 bits per heavy atom. The molecule has 0 N–H and O–H groups in total. The van der Waals surface area contributed by atoms with Gasteiger partial charge >= 0.3 is 0 Å². The average Bonchev–Trinajstić information content (AvgIpc) is 3.91. The molecule has 3 heteroatoms. The summed E-state index contributed by atoms with van der Waals surface area (Å²) < 4.78 is 13.1. The van der Waals surface area contributed by atoms with Gasteiger partial charge in [-0.05, 0) is 117 Å². The van der Waals surface area contributed by atoms with Crippen molar-refractivity contribution in [2.75, 3.05) is 4.90 Å². The highest BCUT2D eigenvalue weighted by Crippen LogP contribution is 2.51. The minimum Gasteiger partial charge on any atom is -0.456 e. The number of hydrogen-bond acceptors (Lipinski definition) is 3. The predicted molar refractivity (Wildman–Crippen MR) is 242 cm³/mol. The van der Waals surface area contributed by atoms with Crippen molar-refractivity contribution in [3.05, 3.63) is 199 Å². The summed E-state index contributed by atoms with van der Waals surface area (Å²) in [5, 5.41) is 6.65. The van der Waals surface area contributed by atoms with E-state index in [9.17, 15) is 0 Å². The van der Waals surface area contributed by atoms with Crippen molar-refractivity contribution >= 4 is 71.7 Å². The van der Waals surface area contributed by atoms with Crippen LogP contribution >= 0.6 is 0 Å². The number of para-hydroxylation sites is 1. The van der Waals surface area contributed by atoms with Crippen LogP contribution in [0.2, 0.25) is 0 Å². The van der Waals surface area contributed by atoms with Crippen LogP contribution < -0.4 is 4.90 Å². The van der Waals surface area contributed by atoms with E-state index in [0.29, 0.717) is 0 Å². The summed E-state index contributed by atoms with van der Waals surface area (Å²) in [6.45, 7) is 4.69. The molecule has 2 aromatic heterocycles. The molecule has 0 atom stereocenters. The lowest BCUT2D eigenvalue weighted by Crippen LogP contribution is -2.16. The summed E-state index contributed by atoms with van der Waals surface area (Å²) in [5.74, 6) is 0. The number of nitrogens with zero attached hydrogens (tertiary/aromatic N) is 1. The van der Waals surface area contributed by atoms with Crippen molar-refractivity contribution in [1.82, 2.24) is 0 Å². The normalized spacial score (nSPS) is 13.1. The van der Waals surface area contributed by atoms with Gasteiger partial charge in [-0.25, -0.2) is 0 Å². The second kappa shape index (κ2) is 12.3. The Kier molecular flexibility index (Phi) is 6.98. The second-order valence-corrected chi connectivity index (χ2v) is 16.1. The first kappa shape index (κ1) is 32.8. The lowest BCUT2D eigenvalue weighted by molar-refractivity contribution is 0.660. The highest BCUT2D eigenvalue weighted by Gasteiger charge is 2.35. The molecule has 1 aliphatic carbocycles. The monoisotopic (exact) mass is 743 g/mol. The maximum absolute atomic E-state index is 6.76. The van der Waals surface area contributed by atoms with Crippen molar-refractivity contribution in [3.63, 3.8) is 0 Å². The van der Waals surface area contributed by atoms with Gasteiger partial charge in [-0.3, -0.25) is 0 Å². The van der Waals surface area contributed by atoms with E-state index in [1.54, 1.807) is 0 Å². The largest absolute Gasteiger partial charge is 0.456 e. The van der Waals surface area contributed by atoms with Crippen LogP contribution in [0.5, 0.6) is 0 Å². The molecule has 0 aliphatic heterocycles. The predicted octanol–water partition coefficient (Wildman–Crippen LogP) is 15.7. The number of rotatable bonds is 5. The van der Waals surface area contributed by atoms with Gasteiger partial charge in [0.1, 0.15) is 22.3 Å². The average molecular weight is 744 g/mol. The number of fused-ring (bicyclic) bond motifs is 11. The van der Waals surface area contributed by atoms with Crippen LogP contribution in [-0.2, 0) is 5.41 Å². The lowest BCUT2D eigenvalue weighted by atomic mass is 9.82. The molecule has 2 heterocycles. The third-order valence-corrected chi connectivity index (χ3v) is 12.5. The number of hydrogen-bond donors (Lipinski definition) is 0. The molecule has 12 rings (SSSR count). The van der Waals surface area contributed by atoms with Gasteiger partial charge in [0.25, 0.3) is 0 Å². The summed E-state index contributed by atoms with van der Waals surface area (Å²) in [7, 11) is 0. The minimum atomic E-state index is -0.127. The standard InChI is InChI=1S/C55H37NO2/c1-55(2)49-18-10-8-15-41(49)42-28-25-39(32-50(42)55)56(37-23-20-35(21-24-37)34-12-4-3-5-13-34)38-26-29-52-47(31-38)48-33-46(40-14-6-7-17-45(40)54(48)58-52)36-22-27-44-43-16-9-11-19-51(43)57-53(44)30-36/h3-33H,1-2H3. The highest BCUT2D eigenvalue weighted by molar-refractivity contribution is 6.20. The van der Waals surface area contributed by atoms with E-state index in [1.165, 1.54) is 33.4 Å². The van der Waals surface area contributed by atoms with Gasteiger partial charge in [0, 0.05) is 49.4 Å². The Bertz CT molecular complexity index is 3420. The van der Waals surface area contributed by atoms with Crippen LogP contribution in [0.3, 0.4) is 0 Å². The summed E-state index contributed by atoms with van der Waals surface area (Å²) in [6.07, 6.45) is 0. The van der Waals surface area contributed by atoms with Gasteiger partial charge < -0.3 is 13.7 Å². The van der Waals surface area contributed by atoms with E-state index in [4.69, 9.17) is 8.83 Å². The number of furan rings is 2. The first-order valence-electron chi connectivity index (χ1n) is 20.0. The summed E-state index contributed by atoms with van der Waals surface area (Å²) in [4.78, 5) is 2.39. The molecule has 11 aromatic rings. The van der Waals surface area contributed by atoms with Gasteiger partial charge in [-0.15, -0.1) is 0 Å². The molecule has 0 saturated carbocycles. The number of anilines is 3. The molecule has 0 spiro atoms. The fraction of sp³-hybridized carbons (Fsp3) is 0.0545. The number of benzene rings is 9. The van der Waals surface area contributed by atoms with Crippen molar-refractivity contribution in [3.8, 4) is 33.4 Å². The van der Waals surface area contributed by atoms with Gasteiger partial charge in [0.2, 0.25) is 0 Å². The summed E-state index contributed by atoms with van der Waals surface area (Å²) in [5.41, 5.74) is 16.7. The molecule has 0 amide bonds. The topological polar surface area (TPSA) is 29.5 Å². The van der Waals surface area contributed by atoms with E-state index >= 15 is 0 Å². The Balaban J connectivity index is 1.05. The molecule has 3 nitrogen and oxygen atoms in total. The Morgan fingerprint density at radius 3 is 1.83 bits per heavy atom. The summed E-state index contributed by atoms with van der Waals surface area (Å²) in [6, 6.07) is 67.7. The molecular formula is C55H37NO2. The molecule has 58 heavy (non-hydrogen) atoms. The van der Waals surface area contributed by atoms with Gasteiger partial charge in [-0.1, -0.05) is 135 Å². The molecule has 0 unspecified atom stereocenters. The fourth-order valence-electron chi connectivity index (χ4n) is 9.57. The van der Waals surface area contributed by atoms with Crippen molar-refractivity contribution < 1.29 is 8.83 Å². The van der Waals surface area contributed by atoms with E-state index < -0.39 is 0 Å². The van der Waals surface area contributed by atoms with E-state index in [1.807, 2.05) is 12.1 Å². The van der Waals surface area contributed by atoms with Crippen molar-refractivity contribution in [1.29, 1.82) is 0 Å². The van der Waals surface area contributed by atoms with Crippen LogP contribution in [0.15, 0.2) is 197 Å². The van der Waals surface area contributed by atoms with Gasteiger partial charge in [0.05, 0.1) is 0 Å². The second-order valence-electron chi connectivity index (χ2n) is 16.1. The highest BCUT2D eigenvalue weighted by atomic mass is 16.3. The maximum Gasteiger partial charge on any atom is 0.143 e. The smallest absolute Gasteiger partial charge is 0.143 e. The maximum atomic E-state index is 6.76. The van der Waals surface area contributed by atoms with Gasteiger partial charge in [0.15, 0.2) is 0 Å². The van der Waals surface area contributed by atoms with Crippen LogP contribution in [0.25, 0.3) is 88.0 Å². The van der Waals surface area contributed by atoms with Crippen LogP contribution in [0, 0.1) is 0 Å². The lowest BCUT2D eigenvalue weighted by Gasteiger charge is -2.28. The molecule has 0 saturated heterocycles. The van der Waals surface area contributed by atoms with Crippen molar-refractivity contribution in [2.45, 2.75) is 19.3 Å². The quantitative estimate of drug-likeness (QED) is 0.176. The first-order chi connectivity index (χ1) is 28.5. The Labute approximate surface area is 336 Å². The zero-order valence-corrected chi connectivity index (χ0v) is 32.2. The van der Waals surface area contributed by atoms with Gasteiger partial charge in [-0.2, -0.15) is 0 Å². The van der Waals surface area contributed by atoms with Crippen molar-refractivity contribution in [2.24, 2.45) is 0 Å². The Morgan fingerprint density at radius 2 is 0.966 bits per heavy atom. The van der Waals surface area contributed by atoms with E-state index in [-0.39, 0.29) is 5.41 Å². The molecule has 0 bridgehead atoms. The molecule has 0 fully saturated rings. The molecule has 0 radical (unpaired) electrons. The third kappa shape index (κ3) is 4.86. The Hall–Kier alpha value is -7.36. The summed E-state index contributed by atoms with van der Waals surface area (Å²) >= 11 is 0. The third-order valence-electron chi connectivity index (χ3n) is 12.5. The minimum absolute atomic E-state index is 0.127. The zero-order chi connectivity index (χ0) is 38.5. The van der Waals surface area contributed by atoms with Crippen LogP contribution in [0.1, 0.15) is 25.0 Å². The molecule has 9 aromatic carbocycles.